The van der Waals surface area contributed by atoms with Crippen LogP contribution in [-0.4, -0.2) is 67.2 Å². The molecule has 2 saturated heterocycles. The Hall–Kier alpha value is -1.46. The third-order valence-electron chi connectivity index (χ3n) is 5.20. The quantitative estimate of drug-likeness (QED) is 0.615. The molecule has 2 heterocycles. The number of carbonyl (C=O) groups excluding carboxylic acids is 1. The average molecular weight is 367 g/mol. The lowest BCUT2D eigenvalue weighted by Crippen LogP contribution is -2.44. The third-order valence-corrected chi connectivity index (χ3v) is 5.20. The fraction of sp³-hybridized carbons (Fsp3) is 0.900. The summed E-state index contributed by atoms with van der Waals surface area (Å²) in [5, 5.41) is 3.52. The van der Waals surface area contributed by atoms with Gasteiger partial charge in [-0.15, -0.1) is 0 Å². The van der Waals surface area contributed by atoms with Crippen molar-refractivity contribution in [3.05, 3.63) is 0 Å². The van der Waals surface area contributed by atoms with Crippen LogP contribution in [0, 0.1) is 11.3 Å². The summed E-state index contributed by atoms with van der Waals surface area (Å²) in [5.74, 6) is 1.53. The van der Waals surface area contributed by atoms with Gasteiger partial charge in [0.15, 0.2) is 5.96 Å². The van der Waals surface area contributed by atoms with Crippen LogP contribution in [0.5, 0.6) is 0 Å². The second-order valence-corrected chi connectivity index (χ2v) is 9.53. The lowest BCUT2D eigenvalue weighted by atomic mass is 9.93. The van der Waals surface area contributed by atoms with Gasteiger partial charge in [-0.3, -0.25) is 4.99 Å². The number of hydrogen-bond acceptors (Lipinski definition) is 3. The minimum Gasteiger partial charge on any atom is -0.444 e. The molecular formula is C20H38N4O2. The van der Waals surface area contributed by atoms with Gasteiger partial charge in [0, 0.05) is 39.8 Å². The van der Waals surface area contributed by atoms with Gasteiger partial charge in [0.2, 0.25) is 0 Å². The van der Waals surface area contributed by atoms with Gasteiger partial charge >= 0.3 is 6.09 Å². The molecule has 1 amide bonds. The maximum Gasteiger partial charge on any atom is 0.410 e. The normalized spacial score (nSPS) is 23.9. The number of aliphatic imine (C=N–C) groups is 1. The Labute approximate surface area is 159 Å². The van der Waals surface area contributed by atoms with Crippen molar-refractivity contribution in [3.63, 3.8) is 0 Å². The molecule has 1 N–H and O–H groups in total. The molecule has 0 spiro atoms. The zero-order valence-electron chi connectivity index (χ0n) is 17.6. The molecule has 0 bridgehead atoms. The minimum atomic E-state index is -0.429. The maximum atomic E-state index is 12.3. The number of guanidine groups is 1. The van der Waals surface area contributed by atoms with Gasteiger partial charge in [-0.1, -0.05) is 13.8 Å². The first-order valence-electron chi connectivity index (χ1n) is 10.0. The van der Waals surface area contributed by atoms with E-state index in [1.165, 1.54) is 12.8 Å². The van der Waals surface area contributed by atoms with Crippen molar-refractivity contribution < 1.29 is 9.53 Å². The van der Waals surface area contributed by atoms with Crippen LogP contribution in [-0.2, 0) is 4.74 Å². The predicted octanol–water partition coefficient (Wildman–Crippen LogP) is 3.33. The van der Waals surface area contributed by atoms with Gasteiger partial charge < -0.3 is 19.9 Å². The number of nitrogens with zero attached hydrogens (tertiary/aromatic N) is 3. The largest absolute Gasteiger partial charge is 0.444 e. The Morgan fingerprint density at radius 1 is 1.27 bits per heavy atom. The fourth-order valence-electron chi connectivity index (χ4n) is 3.81. The zero-order chi connectivity index (χ0) is 19.4. The number of piperidine rings is 1. The van der Waals surface area contributed by atoms with E-state index in [4.69, 9.17) is 4.74 Å². The van der Waals surface area contributed by atoms with E-state index in [0.29, 0.717) is 11.3 Å². The topological polar surface area (TPSA) is 57.2 Å². The molecule has 6 nitrogen and oxygen atoms in total. The molecule has 26 heavy (non-hydrogen) atoms. The fourth-order valence-corrected chi connectivity index (χ4v) is 3.81. The molecule has 2 fully saturated rings. The van der Waals surface area contributed by atoms with E-state index in [0.717, 1.165) is 51.5 Å². The van der Waals surface area contributed by atoms with Crippen molar-refractivity contribution in [2.45, 2.75) is 65.9 Å². The number of ether oxygens (including phenoxy) is 1. The van der Waals surface area contributed by atoms with Crippen LogP contribution in [0.3, 0.4) is 0 Å². The van der Waals surface area contributed by atoms with Crippen LogP contribution in [0.2, 0.25) is 0 Å². The van der Waals surface area contributed by atoms with Crippen LogP contribution >= 0.6 is 0 Å². The Morgan fingerprint density at radius 3 is 2.58 bits per heavy atom. The molecule has 6 heteroatoms. The first-order chi connectivity index (χ1) is 12.1. The first-order valence-corrected chi connectivity index (χ1v) is 10.0. The molecule has 150 valence electrons. The molecule has 0 radical (unpaired) electrons. The molecule has 0 aliphatic carbocycles. The average Bonchev–Trinajstić information content (AvgIpc) is 2.90. The molecule has 1 atom stereocenters. The standard InChI is InChI=1S/C20H38N4O2/c1-19(2,3)26-18(25)23-12-7-8-16(14-23)9-11-22-17(21-6)24-13-10-20(4,5)15-24/h16H,7-15H2,1-6H3,(H,21,22). The van der Waals surface area contributed by atoms with Crippen LogP contribution in [0.25, 0.3) is 0 Å². The van der Waals surface area contributed by atoms with Gasteiger partial charge in [0.25, 0.3) is 0 Å². The molecule has 0 aromatic carbocycles. The molecule has 0 aromatic rings. The summed E-state index contributed by atoms with van der Waals surface area (Å²) in [6.07, 6.45) is 4.32. The highest BCUT2D eigenvalue weighted by atomic mass is 16.6. The number of amides is 1. The Kier molecular flexibility index (Phi) is 6.80. The second-order valence-electron chi connectivity index (χ2n) is 9.53. The van der Waals surface area contributed by atoms with Gasteiger partial charge in [-0.05, 0) is 57.8 Å². The Bertz CT molecular complexity index is 510. The van der Waals surface area contributed by atoms with Crippen molar-refractivity contribution in [2.75, 3.05) is 39.8 Å². The zero-order valence-corrected chi connectivity index (χ0v) is 17.6. The third kappa shape index (κ3) is 6.36. The summed E-state index contributed by atoms with van der Waals surface area (Å²) in [6, 6.07) is 0. The summed E-state index contributed by atoms with van der Waals surface area (Å²) in [5.41, 5.74) is -0.0590. The van der Waals surface area contributed by atoms with E-state index >= 15 is 0 Å². The summed E-state index contributed by atoms with van der Waals surface area (Å²) in [7, 11) is 1.86. The lowest BCUT2D eigenvalue weighted by Gasteiger charge is -2.34. The minimum absolute atomic E-state index is 0.176. The van der Waals surface area contributed by atoms with E-state index < -0.39 is 5.60 Å². The van der Waals surface area contributed by atoms with Crippen molar-refractivity contribution >= 4 is 12.1 Å². The molecule has 2 aliphatic heterocycles. The predicted molar refractivity (Wildman–Crippen MR) is 106 cm³/mol. The highest BCUT2D eigenvalue weighted by molar-refractivity contribution is 5.80. The summed E-state index contributed by atoms with van der Waals surface area (Å²) < 4.78 is 5.52. The molecule has 0 saturated carbocycles. The van der Waals surface area contributed by atoms with Crippen molar-refractivity contribution in [3.8, 4) is 0 Å². The number of carbonyl (C=O) groups is 1. The van der Waals surface area contributed by atoms with E-state index in [2.05, 4.69) is 29.1 Å². The smallest absolute Gasteiger partial charge is 0.410 e. The van der Waals surface area contributed by atoms with E-state index in [1.54, 1.807) is 0 Å². The van der Waals surface area contributed by atoms with Crippen molar-refractivity contribution in [1.82, 2.24) is 15.1 Å². The summed E-state index contributed by atoms with van der Waals surface area (Å²) >= 11 is 0. The number of hydrogen-bond donors (Lipinski definition) is 1. The van der Waals surface area contributed by atoms with Crippen LogP contribution < -0.4 is 5.32 Å². The Balaban J connectivity index is 1.76. The lowest BCUT2D eigenvalue weighted by molar-refractivity contribution is 0.0162. The van der Waals surface area contributed by atoms with E-state index in [-0.39, 0.29) is 6.09 Å². The van der Waals surface area contributed by atoms with Crippen LogP contribution in [0.1, 0.15) is 60.3 Å². The molecule has 1 unspecified atom stereocenters. The monoisotopic (exact) mass is 366 g/mol. The highest BCUT2D eigenvalue weighted by Crippen LogP contribution is 2.28. The molecule has 2 aliphatic rings. The van der Waals surface area contributed by atoms with Crippen LogP contribution in [0.4, 0.5) is 4.79 Å². The van der Waals surface area contributed by atoms with Crippen LogP contribution in [0.15, 0.2) is 4.99 Å². The Morgan fingerprint density at radius 2 is 2.00 bits per heavy atom. The summed E-state index contributed by atoms with van der Waals surface area (Å²) in [4.78, 5) is 21.0. The van der Waals surface area contributed by atoms with Gasteiger partial charge in [0.05, 0.1) is 0 Å². The maximum absolute atomic E-state index is 12.3. The number of likely N-dealkylation sites (tertiary alicyclic amines) is 2. The SMILES string of the molecule is CN=C(NCCC1CCCN(C(=O)OC(C)(C)C)C1)N1CCC(C)(C)C1. The first kappa shape index (κ1) is 20.8. The number of rotatable bonds is 3. The van der Waals surface area contributed by atoms with Gasteiger partial charge in [-0.25, -0.2) is 4.79 Å². The second kappa shape index (κ2) is 8.49. The van der Waals surface area contributed by atoms with Gasteiger partial charge in [0.1, 0.15) is 5.60 Å². The molecule has 0 aromatic heterocycles. The van der Waals surface area contributed by atoms with Gasteiger partial charge in [-0.2, -0.15) is 0 Å². The van der Waals surface area contributed by atoms with E-state index in [9.17, 15) is 4.79 Å². The highest BCUT2D eigenvalue weighted by Gasteiger charge is 2.31. The van der Waals surface area contributed by atoms with E-state index in [1.807, 2.05) is 32.7 Å². The molecular weight excluding hydrogens is 328 g/mol. The van der Waals surface area contributed by atoms with Crippen molar-refractivity contribution in [2.24, 2.45) is 16.3 Å². The van der Waals surface area contributed by atoms with Crippen molar-refractivity contribution in [1.29, 1.82) is 0 Å². The number of nitrogens with one attached hydrogen (secondary N) is 1. The summed E-state index contributed by atoms with van der Waals surface area (Å²) in [6.45, 7) is 15.0. The molecule has 2 rings (SSSR count).